The van der Waals surface area contributed by atoms with Gasteiger partial charge in [0, 0.05) is 31.5 Å². The SMILES string of the molecule is COc1ccc(-c2nnc(NC(=O)CCN(CCc3ccccc3)C(=O)CC(C)C)s2)cc1. The normalized spacial score (nSPS) is 10.8. The van der Waals surface area contributed by atoms with Crippen LogP contribution in [-0.4, -0.2) is 47.1 Å². The molecular weight excluding hydrogens is 436 g/mol. The first kappa shape index (κ1) is 24.4. The predicted molar refractivity (Wildman–Crippen MR) is 131 cm³/mol. The van der Waals surface area contributed by atoms with E-state index in [0.29, 0.717) is 29.6 Å². The van der Waals surface area contributed by atoms with Crippen LogP contribution in [0.2, 0.25) is 0 Å². The van der Waals surface area contributed by atoms with Gasteiger partial charge in [-0.1, -0.05) is 55.5 Å². The van der Waals surface area contributed by atoms with Crippen LogP contribution in [0.3, 0.4) is 0 Å². The number of aromatic nitrogens is 2. The molecule has 3 aromatic rings. The minimum Gasteiger partial charge on any atom is -0.497 e. The van der Waals surface area contributed by atoms with Gasteiger partial charge >= 0.3 is 0 Å². The molecule has 2 aromatic carbocycles. The van der Waals surface area contributed by atoms with Crippen LogP contribution in [0.25, 0.3) is 10.6 Å². The number of carbonyl (C=O) groups is 2. The lowest BCUT2D eigenvalue weighted by Crippen LogP contribution is -2.36. The van der Waals surface area contributed by atoms with Crippen molar-refractivity contribution in [2.24, 2.45) is 5.92 Å². The van der Waals surface area contributed by atoms with Gasteiger partial charge < -0.3 is 15.0 Å². The molecule has 0 saturated carbocycles. The van der Waals surface area contributed by atoms with Gasteiger partial charge in [-0.05, 0) is 42.2 Å². The van der Waals surface area contributed by atoms with E-state index in [1.165, 1.54) is 16.9 Å². The molecule has 0 fully saturated rings. The molecule has 1 N–H and O–H groups in total. The monoisotopic (exact) mass is 466 g/mol. The Balaban J connectivity index is 1.55. The Labute approximate surface area is 198 Å². The summed E-state index contributed by atoms with van der Waals surface area (Å²) < 4.78 is 5.17. The number of ether oxygens (including phenoxy) is 1. The summed E-state index contributed by atoms with van der Waals surface area (Å²) in [5.41, 5.74) is 2.07. The first-order valence-electron chi connectivity index (χ1n) is 11.0. The van der Waals surface area contributed by atoms with E-state index < -0.39 is 0 Å². The first-order chi connectivity index (χ1) is 15.9. The maximum atomic E-state index is 12.7. The second-order valence-corrected chi connectivity index (χ2v) is 9.13. The highest BCUT2D eigenvalue weighted by molar-refractivity contribution is 7.18. The van der Waals surface area contributed by atoms with E-state index in [0.717, 1.165) is 17.7 Å². The maximum absolute atomic E-state index is 12.7. The zero-order chi connectivity index (χ0) is 23.6. The minimum absolute atomic E-state index is 0.0754. The number of hydrogen-bond acceptors (Lipinski definition) is 6. The molecule has 33 heavy (non-hydrogen) atoms. The molecule has 0 atom stereocenters. The van der Waals surface area contributed by atoms with Gasteiger partial charge in [0.15, 0.2) is 0 Å². The predicted octanol–water partition coefficient (Wildman–Crippen LogP) is 4.66. The number of rotatable bonds is 11. The lowest BCUT2D eigenvalue weighted by molar-refractivity contribution is -0.132. The Hall–Kier alpha value is -3.26. The van der Waals surface area contributed by atoms with Crippen LogP contribution in [0, 0.1) is 5.92 Å². The third-order valence-electron chi connectivity index (χ3n) is 5.07. The number of nitrogens with one attached hydrogen (secondary N) is 1. The van der Waals surface area contributed by atoms with Gasteiger partial charge in [0.25, 0.3) is 0 Å². The van der Waals surface area contributed by atoms with Gasteiger partial charge in [-0.3, -0.25) is 9.59 Å². The van der Waals surface area contributed by atoms with Crippen LogP contribution in [0.1, 0.15) is 32.3 Å². The second-order valence-electron chi connectivity index (χ2n) is 8.15. The Morgan fingerprint density at radius 2 is 1.76 bits per heavy atom. The number of hydrogen-bond donors (Lipinski definition) is 1. The third kappa shape index (κ3) is 7.68. The molecule has 8 heteroatoms. The average Bonchev–Trinajstić information content (AvgIpc) is 3.27. The van der Waals surface area contributed by atoms with Crippen molar-refractivity contribution in [3.63, 3.8) is 0 Å². The van der Waals surface area contributed by atoms with E-state index in [1.54, 1.807) is 12.0 Å². The summed E-state index contributed by atoms with van der Waals surface area (Å²) in [5.74, 6) is 0.921. The summed E-state index contributed by atoms with van der Waals surface area (Å²) in [7, 11) is 1.62. The summed E-state index contributed by atoms with van der Waals surface area (Å²) in [6, 6.07) is 17.6. The van der Waals surface area contributed by atoms with Crippen molar-refractivity contribution in [3.8, 4) is 16.3 Å². The van der Waals surface area contributed by atoms with Crippen LogP contribution in [0.15, 0.2) is 54.6 Å². The molecule has 3 rings (SSSR count). The van der Waals surface area contributed by atoms with Crippen molar-refractivity contribution in [3.05, 3.63) is 60.2 Å². The Morgan fingerprint density at radius 1 is 1.03 bits per heavy atom. The Kier molecular flexibility index (Phi) is 8.95. The van der Waals surface area contributed by atoms with Crippen LogP contribution in [0.4, 0.5) is 5.13 Å². The van der Waals surface area contributed by atoms with Crippen LogP contribution < -0.4 is 10.1 Å². The average molecular weight is 467 g/mol. The molecule has 2 amide bonds. The molecular formula is C25H30N4O3S. The molecule has 0 spiro atoms. The van der Waals surface area contributed by atoms with Gasteiger partial charge in [0.1, 0.15) is 10.8 Å². The summed E-state index contributed by atoms with van der Waals surface area (Å²) in [5, 5.41) is 12.2. The Morgan fingerprint density at radius 3 is 2.42 bits per heavy atom. The number of anilines is 1. The topological polar surface area (TPSA) is 84.4 Å². The van der Waals surface area contributed by atoms with Crippen LogP contribution >= 0.6 is 11.3 Å². The van der Waals surface area contributed by atoms with Gasteiger partial charge in [-0.2, -0.15) is 0 Å². The summed E-state index contributed by atoms with van der Waals surface area (Å²) in [4.78, 5) is 27.0. The molecule has 0 aliphatic rings. The standard InChI is InChI=1S/C25H30N4O3S/c1-18(2)17-23(31)29(15-13-19-7-5-4-6-8-19)16-14-22(30)26-25-28-27-24(33-25)20-9-11-21(32-3)12-10-20/h4-12,18H,13-17H2,1-3H3,(H,26,28,30). The van der Waals surface area contributed by atoms with Crippen LogP contribution in [0.5, 0.6) is 5.75 Å². The van der Waals surface area contributed by atoms with Gasteiger partial charge in [0.05, 0.1) is 7.11 Å². The van der Waals surface area contributed by atoms with Crippen molar-refractivity contribution in [1.82, 2.24) is 15.1 Å². The fourth-order valence-corrected chi connectivity index (χ4v) is 4.06. The molecule has 0 saturated heterocycles. The number of carbonyl (C=O) groups excluding carboxylic acids is 2. The van der Waals surface area contributed by atoms with E-state index in [1.807, 2.05) is 68.4 Å². The molecule has 0 aliphatic heterocycles. The van der Waals surface area contributed by atoms with Crippen LogP contribution in [-0.2, 0) is 16.0 Å². The number of benzene rings is 2. The molecule has 7 nitrogen and oxygen atoms in total. The van der Waals surface area contributed by atoms with Gasteiger partial charge in [0.2, 0.25) is 16.9 Å². The molecule has 174 valence electrons. The van der Waals surface area contributed by atoms with E-state index in [2.05, 4.69) is 15.5 Å². The number of methoxy groups -OCH3 is 1. The van der Waals surface area contributed by atoms with Crippen molar-refractivity contribution < 1.29 is 14.3 Å². The van der Waals surface area contributed by atoms with E-state index >= 15 is 0 Å². The zero-order valence-corrected chi connectivity index (χ0v) is 20.1. The highest BCUT2D eigenvalue weighted by atomic mass is 32.1. The Bertz CT molecular complexity index is 1040. The second kappa shape index (κ2) is 12.1. The number of nitrogens with zero attached hydrogens (tertiary/aromatic N) is 3. The summed E-state index contributed by atoms with van der Waals surface area (Å²) >= 11 is 1.31. The van der Waals surface area contributed by atoms with Crippen molar-refractivity contribution >= 4 is 28.3 Å². The maximum Gasteiger partial charge on any atom is 0.227 e. The first-order valence-corrected chi connectivity index (χ1v) is 11.9. The highest BCUT2D eigenvalue weighted by Crippen LogP contribution is 2.27. The molecule has 1 heterocycles. The van der Waals surface area contributed by atoms with Crippen molar-refractivity contribution in [2.75, 3.05) is 25.5 Å². The smallest absolute Gasteiger partial charge is 0.227 e. The van der Waals surface area contributed by atoms with E-state index in [4.69, 9.17) is 4.74 Å². The lowest BCUT2D eigenvalue weighted by Gasteiger charge is -2.23. The zero-order valence-electron chi connectivity index (χ0n) is 19.3. The molecule has 0 unspecified atom stereocenters. The lowest BCUT2D eigenvalue weighted by atomic mass is 10.1. The fourth-order valence-electron chi connectivity index (χ4n) is 3.29. The molecule has 0 aliphatic carbocycles. The largest absolute Gasteiger partial charge is 0.497 e. The fraction of sp³-hybridized carbons (Fsp3) is 0.360. The number of amides is 2. The van der Waals surface area contributed by atoms with Gasteiger partial charge in [-0.15, -0.1) is 10.2 Å². The molecule has 0 radical (unpaired) electrons. The van der Waals surface area contributed by atoms with E-state index in [-0.39, 0.29) is 24.2 Å². The van der Waals surface area contributed by atoms with Gasteiger partial charge in [-0.25, -0.2) is 0 Å². The third-order valence-corrected chi connectivity index (χ3v) is 5.95. The minimum atomic E-state index is -0.186. The van der Waals surface area contributed by atoms with Crippen molar-refractivity contribution in [1.29, 1.82) is 0 Å². The molecule has 1 aromatic heterocycles. The summed E-state index contributed by atoms with van der Waals surface area (Å²) in [6.45, 7) is 5.00. The van der Waals surface area contributed by atoms with Crippen molar-refractivity contribution in [2.45, 2.75) is 33.1 Å². The van der Waals surface area contributed by atoms with E-state index in [9.17, 15) is 9.59 Å². The highest BCUT2D eigenvalue weighted by Gasteiger charge is 2.17. The molecule has 0 bridgehead atoms. The quantitative estimate of drug-likeness (QED) is 0.444. The summed E-state index contributed by atoms with van der Waals surface area (Å²) in [6.07, 6.45) is 1.43.